The first kappa shape index (κ1) is 32.1. The Labute approximate surface area is 255 Å². The first-order valence-electron chi connectivity index (χ1n) is 14.2. The largest absolute Gasteiger partial charge is 0.205 e. The Morgan fingerprint density at radius 1 is 0.409 bits per heavy atom. The molecular formula is C30H26F8N4S2. The van der Waals surface area contributed by atoms with Crippen LogP contribution < -0.4 is 0 Å². The Kier molecular flexibility index (Phi) is 9.78. The predicted molar refractivity (Wildman–Crippen MR) is 155 cm³/mol. The summed E-state index contributed by atoms with van der Waals surface area (Å²) in [5.74, 6) is -15.8. The Balaban J connectivity index is 1.70. The van der Waals surface area contributed by atoms with Gasteiger partial charge in [-0.2, -0.15) is 0 Å². The highest BCUT2D eigenvalue weighted by atomic mass is 32.1. The van der Waals surface area contributed by atoms with Crippen LogP contribution in [0.4, 0.5) is 35.1 Å². The highest BCUT2D eigenvalue weighted by Gasteiger charge is 2.35. The smallest absolute Gasteiger partial charge is 0.172 e. The Morgan fingerprint density at radius 3 is 1.23 bits per heavy atom. The van der Waals surface area contributed by atoms with Crippen molar-refractivity contribution in [3.63, 3.8) is 0 Å². The normalized spacial score (nSPS) is 11.9. The lowest BCUT2D eigenvalue weighted by atomic mass is 9.94. The third-order valence-corrected chi connectivity index (χ3v) is 9.37. The fraction of sp³-hybridized carbons (Fsp3) is 0.400. The van der Waals surface area contributed by atoms with E-state index >= 15 is 35.1 Å². The Hall–Kier alpha value is -3.26. The van der Waals surface area contributed by atoms with Gasteiger partial charge in [0.1, 0.15) is 21.6 Å². The maximum atomic E-state index is 16.1. The molecule has 0 fully saturated rings. The number of benzene rings is 3. The highest BCUT2D eigenvalue weighted by molar-refractivity contribution is 7.15. The maximum Gasteiger partial charge on any atom is 0.172 e. The van der Waals surface area contributed by atoms with Crippen LogP contribution >= 0.6 is 22.7 Å². The molecule has 0 aliphatic heterocycles. The van der Waals surface area contributed by atoms with Crippen molar-refractivity contribution < 1.29 is 35.1 Å². The van der Waals surface area contributed by atoms with Crippen molar-refractivity contribution >= 4 is 44.2 Å². The summed E-state index contributed by atoms with van der Waals surface area (Å²) in [5, 5.41) is 9.11. The molecule has 0 unspecified atom stereocenters. The van der Waals surface area contributed by atoms with Gasteiger partial charge < -0.3 is 0 Å². The summed E-state index contributed by atoms with van der Waals surface area (Å²) in [6.07, 6.45) is 7.87. The second-order valence-corrected chi connectivity index (χ2v) is 12.5. The quantitative estimate of drug-likeness (QED) is 0.0580. The number of hydrogen-bond donors (Lipinski definition) is 0. The lowest BCUT2D eigenvalue weighted by Crippen LogP contribution is -2.06. The summed E-state index contributed by atoms with van der Waals surface area (Å²) in [6.45, 7) is 4.04. The summed E-state index contributed by atoms with van der Waals surface area (Å²) < 4.78 is 124. The first-order chi connectivity index (χ1) is 21.1. The number of aryl methyl sites for hydroxylation is 2. The van der Waals surface area contributed by atoms with E-state index in [0.29, 0.717) is 35.7 Å². The third kappa shape index (κ3) is 5.66. The molecule has 14 heteroatoms. The van der Waals surface area contributed by atoms with Gasteiger partial charge >= 0.3 is 0 Å². The summed E-state index contributed by atoms with van der Waals surface area (Å²) in [5.41, 5.74) is -2.27. The summed E-state index contributed by atoms with van der Waals surface area (Å²) >= 11 is 1.47. The predicted octanol–water partition coefficient (Wildman–Crippen LogP) is 10.4. The van der Waals surface area contributed by atoms with Crippen LogP contribution in [0.1, 0.15) is 75.2 Å². The van der Waals surface area contributed by atoms with Crippen molar-refractivity contribution in [2.45, 2.75) is 78.1 Å². The molecule has 0 saturated heterocycles. The monoisotopic (exact) mass is 658 g/mol. The zero-order chi connectivity index (χ0) is 31.7. The molecule has 5 rings (SSSR count). The Bertz CT molecular complexity index is 1850. The SMILES string of the molecule is CCCCCCc1nnc(-c2c(F)c(F)c3c(c2F)c(F)c(F)c2c(F)c(F)c(-c4nnc(CCCCCC)s4)c(F)c23)s1. The fourth-order valence-corrected chi connectivity index (χ4v) is 6.94. The third-order valence-electron chi connectivity index (χ3n) is 7.37. The standard InChI is InChI=1S/C30H26F8N4S2/c1-3-5-7-9-11-13-39-41-29(43-13)19-21(31)15-16-17(24(34)25(35)18(15)26(36)28(19)38)22(32)20(27(37)23(16)33)30-42-40-14(44-30)12-10-8-6-4-2/h3-12H2,1-2H3. The number of fused-ring (bicyclic) bond motifs is 3. The van der Waals surface area contributed by atoms with Gasteiger partial charge in [-0.3, -0.25) is 0 Å². The van der Waals surface area contributed by atoms with Crippen molar-refractivity contribution in [3.8, 4) is 21.1 Å². The van der Waals surface area contributed by atoms with Crippen molar-refractivity contribution in [1.29, 1.82) is 0 Å². The van der Waals surface area contributed by atoms with Crippen LogP contribution in [0.15, 0.2) is 0 Å². The molecule has 0 amide bonds. The van der Waals surface area contributed by atoms with Crippen molar-refractivity contribution in [3.05, 3.63) is 56.6 Å². The van der Waals surface area contributed by atoms with Crippen molar-refractivity contribution in [1.82, 2.24) is 20.4 Å². The molecule has 2 aromatic heterocycles. The average molecular weight is 659 g/mol. The fourth-order valence-electron chi connectivity index (χ4n) is 5.11. The van der Waals surface area contributed by atoms with Crippen LogP contribution in [0, 0.1) is 46.5 Å². The lowest BCUT2D eigenvalue weighted by molar-refractivity contribution is 0.486. The maximum absolute atomic E-state index is 16.1. The van der Waals surface area contributed by atoms with Crippen LogP contribution in [0.3, 0.4) is 0 Å². The van der Waals surface area contributed by atoms with Gasteiger partial charge in [0.15, 0.2) is 44.9 Å². The van der Waals surface area contributed by atoms with Crippen LogP contribution in [0.2, 0.25) is 0 Å². The topological polar surface area (TPSA) is 51.6 Å². The second-order valence-electron chi connectivity index (χ2n) is 10.4. The van der Waals surface area contributed by atoms with Gasteiger partial charge in [-0.15, -0.1) is 20.4 Å². The molecule has 0 aliphatic carbocycles. The molecule has 0 atom stereocenters. The van der Waals surface area contributed by atoms with E-state index in [-0.39, 0.29) is 0 Å². The van der Waals surface area contributed by atoms with Gasteiger partial charge in [0.25, 0.3) is 0 Å². The van der Waals surface area contributed by atoms with E-state index in [9.17, 15) is 0 Å². The zero-order valence-electron chi connectivity index (χ0n) is 23.7. The summed E-state index contributed by atoms with van der Waals surface area (Å²) in [4.78, 5) is 0. The zero-order valence-corrected chi connectivity index (χ0v) is 25.3. The van der Waals surface area contributed by atoms with E-state index in [1.54, 1.807) is 0 Å². The lowest BCUT2D eigenvalue weighted by Gasteiger charge is -2.15. The number of unbranched alkanes of at least 4 members (excludes halogenated alkanes) is 6. The molecule has 0 bridgehead atoms. The molecule has 0 aliphatic rings. The Morgan fingerprint density at radius 2 is 0.773 bits per heavy atom. The molecule has 0 spiro atoms. The van der Waals surface area contributed by atoms with Crippen LogP contribution in [0.5, 0.6) is 0 Å². The molecule has 0 saturated carbocycles. The number of rotatable bonds is 12. The van der Waals surface area contributed by atoms with Crippen molar-refractivity contribution in [2.24, 2.45) is 0 Å². The highest BCUT2D eigenvalue weighted by Crippen LogP contribution is 2.45. The van der Waals surface area contributed by atoms with Crippen LogP contribution in [-0.4, -0.2) is 20.4 Å². The summed E-state index contributed by atoms with van der Waals surface area (Å²) in [7, 11) is 0. The van der Waals surface area contributed by atoms with Gasteiger partial charge in [0.2, 0.25) is 0 Å². The minimum absolute atomic E-state index is 0.375. The van der Waals surface area contributed by atoms with E-state index in [2.05, 4.69) is 20.4 Å². The minimum Gasteiger partial charge on any atom is -0.205 e. The van der Waals surface area contributed by atoms with Gasteiger partial charge in [0.05, 0.1) is 21.9 Å². The molecule has 4 nitrogen and oxygen atoms in total. The van der Waals surface area contributed by atoms with Gasteiger partial charge in [-0.05, 0) is 12.8 Å². The molecule has 234 valence electrons. The van der Waals surface area contributed by atoms with Gasteiger partial charge in [-0.1, -0.05) is 75.0 Å². The number of aromatic nitrogens is 4. The minimum atomic E-state index is -2.17. The number of hydrogen-bond acceptors (Lipinski definition) is 6. The van der Waals surface area contributed by atoms with E-state index in [0.717, 1.165) is 61.2 Å². The van der Waals surface area contributed by atoms with Gasteiger partial charge in [0, 0.05) is 23.6 Å². The molecule has 3 aromatic carbocycles. The van der Waals surface area contributed by atoms with Crippen molar-refractivity contribution in [2.75, 3.05) is 0 Å². The molecule has 0 N–H and O–H groups in total. The molecule has 2 heterocycles. The van der Waals surface area contributed by atoms with E-state index < -0.39 is 89.2 Å². The van der Waals surface area contributed by atoms with E-state index in [4.69, 9.17) is 0 Å². The number of nitrogens with zero attached hydrogens (tertiary/aromatic N) is 4. The first-order valence-corrected chi connectivity index (χ1v) is 15.9. The molecule has 5 aromatic rings. The van der Waals surface area contributed by atoms with Crippen LogP contribution in [-0.2, 0) is 12.8 Å². The summed E-state index contributed by atoms with van der Waals surface area (Å²) in [6, 6.07) is 0. The molecule has 0 radical (unpaired) electrons. The van der Waals surface area contributed by atoms with E-state index in [1.807, 2.05) is 13.8 Å². The van der Waals surface area contributed by atoms with E-state index in [1.165, 1.54) is 0 Å². The number of halogens is 8. The average Bonchev–Trinajstić information content (AvgIpc) is 3.66. The molecule has 44 heavy (non-hydrogen) atoms. The van der Waals surface area contributed by atoms with Gasteiger partial charge in [-0.25, -0.2) is 35.1 Å². The van der Waals surface area contributed by atoms with Crippen LogP contribution in [0.25, 0.3) is 42.7 Å². The second kappa shape index (κ2) is 13.4. The molecular weight excluding hydrogens is 632 g/mol.